The molecule has 0 aromatic heterocycles. The Labute approximate surface area is 148 Å². The van der Waals surface area contributed by atoms with E-state index in [0.29, 0.717) is 19.6 Å². The lowest BCUT2D eigenvalue weighted by Gasteiger charge is -2.20. The van der Waals surface area contributed by atoms with Crippen LogP contribution in [0.15, 0.2) is 39.3 Å². The molecule has 138 valence electrons. The highest BCUT2D eigenvalue weighted by Crippen LogP contribution is 2.17. The average Bonchev–Trinajstić information content (AvgIpc) is 3.02. The van der Waals surface area contributed by atoms with Crippen molar-refractivity contribution in [2.45, 2.75) is 18.2 Å². The van der Waals surface area contributed by atoms with E-state index >= 15 is 0 Å². The molecule has 1 unspecified atom stereocenters. The maximum atomic E-state index is 12.6. The van der Waals surface area contributed by atoms with Gasteiger partial charge in [-0.15, -0.1) is 0 Å². The van der Waals surface area contributed by atoms with Gasteiger partial charge in [0.1, 0.15) is 5.75 Å². The number of aromatic hydroxyl groups is 1. The molecule has 0 amide bonds. The van der Waals surface area contributed by atoms with Gasteiger partial charge in [0.15, 0.2) is 0 Å². The number of aliphatic imine (C=N–C) groups is 1. The van der Waals surface area contributed by atoms with Crippen LogP contribution >= 0.6 is 0 Å². The van der Waals surface area contributed by atoms with E-state index in [1.807, 2.05) is 25.2 Å². The molecule has 1 aliphatic heterocycles. The summed E-state index contributed by atoms with van der Waals surface area (Å²) in [6.07, 6.45) is 2.73. The normalized spacial score (nSPS) is 18.2. The van der Waals surface area contributed by atoms with E-state index in [1.165, 1.54) is 24.3 Å². The molecule has 1 aliphatic rings. The highest BCUT2D eigenvalue weighted by atomic mass is 32.2. The maximum absolute atomic E-state index is 12.6. The second kappa shape index (κ2) is 8.30. The molecule has 9 heteroatoms. The fourth-order valence-corrected chi connectivity index (χ4v) is 3.28. The predicted molar refractivity (Wildman–Crippen MR) is 98.3 cm³/mol. The van der Waals surface area contributed by atoms with Crippen LogP contribution in [0.1, 0.15) is 13.3 Å². The van der Waals surface area contributed by atoms with Crippen LogP contribution in [-0.4, -0.2) is 69.3 Å². The van der Waals surface area contributed by atoms with Crippen molar-refractivity contribution in [1.82, 2.24) is 14.6 Å². The van der Waals surface area contributed by atoms with E-state index in [0.717, 1.165) is 6.42 Å². The van der Waals surface area contributed by atoms with Crippen molar-refractivity contribution in [2.75, 3.05) is 33.7 Å². The minimum absolute atomic E-state index is 0.0250. The topological polar surface area (TPSA) is 97.6 Å². The summed E-state index contributed by atoms with van der Waals surface area (Å²) in [6.45, 7) is 3.76. The molecule has 25 heavy (non-hydrogen) atoms. The molecule has 0 fully saturated rings. The quantitative estimate of drug-likeness (QED) is 0.575. The number of hydrogen-bond donors (Lipinski definition) is 2. The Morgan fingerprint density at radius 2 is 2.24 bits per heavy atom. The molecule has 2 rings (SSSR count). The van der Waals surface area contributed by atoms with Crippen LogP contribution in [0.25, 0.3) is 0 Å². The minimum Gasteiger partial charge on any atom is -0.508 e. The Bertz CT molecular complexity index is 746. The first kappa shape index (κ1) is 19.2. The monoisotopic (exact) mass is 367 g/mol. The third kappa shape index (κ3) is 5.43. The first-order chi connectivity index (χ1) is 11.8. The highest BCUT2D eigenvalue weighted by molar-refractivity contribution is 7.90. The smallest absolute Gasteiger partial charge is 0.264 e. The number of phenols is 1. The summed E-state index contributed by atoms with van der Waals surface area (Å²) in [7, 11) is -0.0166. The van der Waals surface area contributed by atoms with Gasteiger partial charge in [0.2, 0.25) is 5.96 Å². The number of phenolic OH excluding ortho intramolecular Hbond substituents is 1. The number of likely N-dealkylation sites (N-methyl/N-ethyl adjacent to an activating group) is 1. The van der Waals surface area contributed by atoms with Crippen molar-refractivity contribution >= 4 is 22.2 Å². The Morgan fingerprint density at radius 1 is 1.48 bits per heavy atom. The Hall–Kier alpha value is -2.13. The molecule has 1 aromatic rings. The molecule has 0 radical (unpaired) electrons. The second-order valence-electron chi connectivity index (χ2n) is 6.13. The summed E-state index contributed by atoms with van der Waals surface area (Å²) < 4.78 is 27.7. The van der Waals surface area contributed by atoms with Gasteiger partial charge in [0.25, 0.3) is 10.0 Å². The zero-order valence-corrected chi connectivity index (χ0v) is 15.6. The van der Waals surface area contributed by atoms with Crippen LogP contribution < -0.4 is 4.72 Å². The number of hydrogen-bond acceptors (Lipinski definition) is 6. The van der Waals surface area contributed by atoms with E-state index in [1.54, 1.807) is 5.01 Å². The van der Waals surface area contributed by atoms with Crippen molar-refractivity contribution in [3.05, 3.63) is 24.3 Å². The van der Waals surface area contributed by atoms with Crippen molar-refractivity contribution in [2.24, 2.45) is 16.0 Å². The zero-order chi connectivity index (χ0) is 18.4. The Kier molecular flexibility index (Phi) is 6.38. The van der Waals surface area contributed by atoms with E-state index < -0.39 is 10.0 Å². The number of rotatable bonds is 6. The van der Waals surface area contributed by atoms with Crippen LogP contribution in [0.3, 0.4) is 0 Å². The van der Waals surface area contributed by atoms with E-state index in [9.17, 15) is 13.5 Å². The molecule has 0 saturated carbocycles. The van der Waals surface area contributed by atoms with Gasteiger partial charge in [-0.1, -0.05) is 13.0 Å². The molecular formula is C16H25N5O3S. The first-order valence-corrected chi connectivity index (χ1v) is 9.63. The molecule has 0 bridgehead atoms. The number of nitrogens with one attached hydrogen (secondary N) is 1. The lowest BCUT2D eigenvalue weighted by Crippen LogP contribution is -2.42. The standard InChI is InChI=1S/C16H25N5O3S/c1-4-13-11-18-21(12-13)16(17-8-9-20(2)3)19-25(23,24)15-7-5-6-14(22)10-15/h5-7,10-11,13,22H,4,8-9,12H2,1-3H3,(H,17,19). The van der Waals surface area contributed by atoms with Crippen molar-refractivity contribution < 1.29 is 13.5 Å². The lowest BCUT2D eigenvalue weighted by atomic mass is 10.1. The number of benzene rings is 1. The predicted octanol–water partition coefficient (Wildman–Crippen LogP) is 0.916. The van der Waals surface area contributed by atoms with Crippen LogP contribution in [0, 0.1) is 5.92 Å². The average molecular weight is 367 g/mol. The van der Waals surface area contributed by atoms with Crippen molar-refractivity contribution in [3.8, 4) is 5.75 Å². The number of sulfonamides is 1. The van der Waals surface area contributed by atoms with Crippen LogP contribution in [0.4, 0.5) is 0 Å². The van der Waals surface area contributed by atoms with Crippen molar-refractivity contribution in [1.29, 1.82) is 0 Å². The fraction of sp³-hybridized carbons (Fsp3) is 0.500. The fourth-order valence-electron chi connectivity index (χ4n) is 2.22. The van der Waals surface area contributed by atoms with Crippen LogP contribution in [0.2, 0.25) is 0 Å². The molecule has 1 aromatic carbocycles. The second-order valence-corrected chi connectivity index (χ2v) is 7.81. The van der Waals surface area contributed by atoms with Gasteiger partial charge in [-0.25, -0.2) is 23.1 Å². The highest BCUT2D eigenvalue weighted by Gasteiger charge is 2.25. The first-order valence-electron chi connectivity index (χ1n) is 8.14. The molecule has 0 aliphatic carbocycles. The SMILES string of the molecule is CCC1C=NN(C(=NCCN(C)C)NS(=O)(=O)c2cccc(O)c2)C1. The summed E-state index contributed by atoms with van der Waals surface area (Å²) in [5, 5.41) is 15.4. The third-order valence-corrected chi connectivity index (χ3v) is 5.08. The summed E-state index contributed by atoms with van der Waals surface area (Å²) in [5.41, 5.74) is 0. The van der Waals surface area contributed by atoms with Gasteiger partial charge >= 0.3 is 0 Å². The lowest BCUT2D eigenvalue weighted by molar-refractivity contribution is 0.409. The molecule has 0 spiro atoms. The summed E-state index contributed by atoms with van der Waals surface area (Å²) in [4.78, 5) is 6.32. The largest absolute Gasteiger partial charge is 0.508 e. The number of nitrogens with zero attached hydrogens (tertiary/aromatic N) is 4. The van der Waals surface area contributed by atoms with Gasteiger partial charge < -0.3 is 10.0 Å². The minimum atomic E-state index is -3.86. The number of hydrazone groups is 1. The van der Waals surface area contributed by atoms with E-state index in [4.69, 9.17) is 0 Å². The third-order valence-electron chi connectivity index (χ3n) is 3.76. The van der Waals surface area contributed by atoms with Crippen molar-refractivity contribution in [3.63, 3.8) is 0 Å². The molecular weight excluding hydrogens is 342 g/mol. The zero-order valence-electron chi connectivity index (χ0n) is 14.8. The molecule has 0 saturated heterocycles. The molecule has 2 N–H and O–H groups in total. The number of guanidine groups is 1. The Morgan fingerprint density at radius 3 is 2.84 bits per heavy atom. The van der Waals surface area contributed by atoms with E-state index in [-0.39, 0.29) is 22.5 Å². The van der Waals surface area contributed by atoms with Gasteiger partial charge in [-0.05, 0) is 32.6 Å². The summed E-state index contributed by atoms with van der Waals surface area (Å²) in [5.74, 6) is 0.348. The van der Waals surface area contributed by atoms with Gasteiger partial charge in [0.05, 0.1) is 18.0 Å². The molecule has 1 atom stereocenters. The molecule has 8 nitrogen and oxygen atoms in total. The Balaban J connectivity index is 2.22. The van der Waals surface area contributed by atoms with Gasteiger partial charge in [0, 0.05) is 24.7 Å². The summed E-state index contributed by atoms with van der Waals surface area (Å²) >= 11 is 0. The van der Waals surface area contributed by atoms with Gasteiger partial charge in [-0.2, -0.15) is 5.10 Å². The summed E-state index contributed by atoms with van der Waals surface area (Å²) in [6, 6.07) is 5.51. The maximum Gasteiger partial charge on any atom is 0.264 e. The molecule has 1 heterocycles. The van der Waals surface area contributed by atoms with Gasteiger partial charge in [-0.3, -0.25) is 0 Å². The van der Waals surface area contributed by atoms with E-state index in [2.05, 4.69) is 21.7 Å². The van der Waals surface area contributed by atoms with Crippen LogP contribution in [-0.2, 0) is 10.0 Å². The van der Waals surface area contributed by atoms with Crippen LogP contribution in [0.5, 0.6) is 5.75 Å².